The number of nitrogens with zero attached hydrogens (tertiary/aromatic N) is 1. The monoisotopic (exact) mass is 268 g/mol. The molecule has 1 heterocycles. The molecule has 0 aromatic carbocycles. The Morgan fingerprint density at radius 3 is 2.74 bits per heavy atom. The van der Waals surface area contributed by atoms with Gasteiger partial charge in [0.25, 0.3) is 0 Å². The number of morpholine rings is 1. The van der Waals surface area contributed by atoms with Crippen LogP contribution in [0.2, 0.25) is 0 Å². The maximum Gasteiger partial charge on any atom is 0.239 e. The fourth-order valence-corrected chi connectivity index (χ4v) is 3.11. The summed E-state index contributed by atoms with van der Waals surface area (Å²) in [6.45, 7) is 7.55. The van der Waals surface area contributed by atoms with Crippen LogP contribution in [0.1, 0.15) is 46.0 Å². The predicted molar refractivity (Wildman–Crippen MR) is 76.0 cm³/mol. The minimum Gasteiger partial charge on any atom is -0.378 e. The topological polar surface area (TPSA) is 41.6 Å². The van der Waals surface area contributed by atoms with Crippen LogP contribution < -0.4 is 5.32 Å². The van der Waals surface area contributed by atoms with Crippen LogP contribution in [0.15, 0.2) is 0 Å². The molecule has 1 aliphatic carbocycles. The number of nitrogens with one attached hydrogen (secondary N) is 1. The highest BCUT2D eigenvalue weighted by Gasteiger charge is 2.31. The molecule has 1 amide bonds. The van der Waals surface area contributed by atoms with E-state index in [0.717, 1.165) is 32.5 Å². The molecule has 19 heavy (non-hydrogen) atoms. The van der Waals surface area contributed by atoms with E-state index in [2.05, 4.69) is 24.1 Å². The zero-order valence-corrected chi connectivity index (χ0v) is 12.4. The summed E-state index contributed by atoms with van der Waals surface area (Å²) in [5.74, 6) is 0.760. The first-order valence-electron chi connectivity index (χ1n) is 7.79. The SMILES string of the molecule is CC(C)CN1CCOC[C@@H]1C(=O)NC1CCCCC1. The number of amides is 1. The van der Waals surface area contributed by atoms with Crippen LogP contribution in [0.5, 0.6) is 0 Å². The molecule has 1 N–H and O–H groups in total. The smallest absolute Gasteiger partial charge is 0.239 e. The Morgan fingerprint density at radius 2 is 2.05 bits per heavy atom. The average molecular weight is 268 g/mol. The van der Waals surface area contributed by atoms with Crippen molar-refractivity contribution in [3.8, 4) is 0 Å². The third-order valence-corrected chi connectivity index (χ3v) is 4.09. The van der Waals surface area contributed by atoms with Crippen molar-refractivity contribution in [3.05, 3.63) is 0 Å². The summed E-state index contributed by atoms with van der Waals surface area (Å²) >= 11 is 0. The summed E-state index contributed by atoms with van der Waals surface area (Å²) in [4.78, 5) is 14.7. The molecular formula is C15H28N2O2. The molecule has 0 bridgehead atoms. The Bertz CT molecular complexity index is 288. The first kappa shape index (κ1) is 14.8. The van der Waals surface area contributed by atoms with Crippen molar-refractivity contribution < 1.29 is 9.53 Å². The molecule has 110 valence electrons. The van der Waals surface area contributed by atoms with E-state index in [9.17, 15) is 4.79 Å². The number of ether oxygens (including phenoxy) is 1. The van der Waals surface area contributed by atoms with Crippen molar-refractivity contribution in [1.29, 1.82) is 0 Å². The number of hydrogen-bond donors (Lipinski definition) is 1. The molecule has 1 saturated heterocycles. The number of carbonyl (C=O) groups excluding carboxylic acids is 1. The van der Waals surface area contributed by atoms with Gasteiger partial charge in [-0.2, -0.15) is 0 Å². The Labute approximate surface area is 116 Å². The molecule has 0 spiro atoms. The zero-order valence-electron chi connectivity index (χ0n) is 12.4. The number of rotatable bonds is 4. The van der Waals surface area contributed by atoms with Gasteiger partial charge in [0.2, 0.25) is 5.91 Å². The number of hydrogen-bond acceptors (Lipinski definition) is 3. The van der Waals surface area contributed by atoms with Gasteiger partial charge < -0.3 is 10.1 Å². The van der Waals surface area contributed by atoms with Gasteiger partial charge in [-0.05, 0) is 18.8 Å². The number of carbonyl (C=O) groups is 1. The van der Waals surface area contributed by atoms with Crippen molar-refractivity contribution in [2.24, 2.45) is 5.92 Å². The second-order valence-electron chi connectivity index (χ2n) is 6.32. The highest BCUT2D eigenvalue weighted by Crippen LogP contribution is 2.18. The molecule has 0 radical (unpaired) electrons. The van der Waals surface area contributed by atoms with Gasteiger partial charge in [-0.1, -0.05) is 33.1 Å². The first-order valence-corrected chi connectivity index (χ1v) is 7.79. The Hall–Kier alpha value is -0.610. The van der Waals surface area contributed by atoms with E-state index >= 15 is 0 Å². The van der Waals surface area contributed by atoms with E-state index in [1.54, 1.807) is 0 Å². The Morgan fingerprint density at radius 1 is 1.32 bits per heavy atom. The van der Waals surface area contributed by atoms with Crippen LogP contribution >= 0.6 is 0 Å². The van der Waals surface area contributed by atoms with Crippen molar-refractivity contribution in [2.75, 3.05) is 26.3 Å². The van der Waals surface area contributed by atoms with Gasteiger partial charge in [0, 0.05) is 19.1 Å². The third-order valence-electron chi connectivity index (χ3n) is 4.09. The first-order chi connectivity index (χ1) is 9.16. The summed E-state index contributed by atoms with van der Waals surface area (Å²) in [6.07, 6.45) is 6.11. The van der Waals surface area contributed by atoms with Crippen molar-refractivity contribution in [3.63, 3.8) is 0 Å². The van der Waals surface area contributed by atoms with Crippen LogP contribution in [-0.2, 0) is 9.53 Å². The summed E-state index contributed by atoms with van der Waals surface area (Å²) < 4.78 is 5.50. The van der Waals surface area contributed by atoms with E-state index in [1.165, 1.54) is 19.3 Å². The van der Waals surface area contributed by atoms with Gasteiger partial charge in [-0.15, -0.1) is 0 Å². The van der Waals surface area contributed by atoms with Crippen molar-refractivity contribution in [2.45, 2.75) is 58.0 Å². The van der Waals surface area contributed by atoms with E-state index in [-0.39, 0.29) is 11.9 Å². The molecular weight excluding hydrogens is 240 g/mol. The van der Waals surface area contributed by atoms with Crippen molar-refractivity contribution >= 4 is 5.91 Å². The largest absolute Gasteiger partial charge is 0.378 e. The maximum atomic E-state index is 12.4. The van der Waals surface area contributed by atoms with Crippen LogP contribution in [0.25, 0.3) is 0 Å². The van der Waals surface area contributed by atoms with Gasteiger partial charge >= 0.3 is 0 Å². The normalized spacial score (nSPS) is 26.6. The highest BCUT2D eigenvalue weighted by atomic mass is 16.5. The predicted octanol–water partition coefficient (Wildman–Crippen LogP) is 1.79. The summed E-state index contributed by atoms with van der Waals surface area (Å²) in [5.41, 5.74) is 0. The van der Waals surface area contributed by atoms with E-state index in [0.29, 0.717) is 18.6 Å². The highest BCUT2D eigenvalue weighted by molar-refractivity contribution is 5.82. The second-order valence-corrected chi connectivity index (χ2v) is 6.32. The molecule has 2 aliphatic rings. The van der Waals surface area contributed by atoms with Crippen LogP contribution in [0.4, 0.5) is 0 Å². The zero-order chi connectivity index (χ0) is 13.7. The molecule has 2 rings (SSSR count). The van der Waals surface area contributed by atoms with Gasteiger partial charge in [0.1, 0.15) is 6.04 Å². The lowest BCUT2D eigenvalue weighted by Gasteiger charge is -2.36. The molecule has 2 fully saturated rings. The standard InChI is InChI=1S/C15H28N2O2/c1-12(2)10-17-8-9-19-11-14(17)15(18)16-13-6-4-3-5-7-13/h12-14H,3-11H2,1-2H3,(H,16,18)/t14-/m1/s1. The van der Waals surface area contributed by atoms with Crippen molar-refractivity contribution in [1.82, 2.24) is 10.2 Å². The summed E-state index contributed by atoms with van der Waals surface area (Å²) in [6, 6.07) is 0.308. The second kappa shape index (κ2) is 7.25. The molecule has 4 nitrogen and oxygen atoms in total. The molecule has 0 aromatic heterocycles. The van der Waals surface area contributed by atoms with E-state index < -0.39 is 0 Å². The quantitative estimate of drug-likeness (QED) is 0.845. The van der Waals surface area contributed by atoms with E-state index in [1.807, 2.05) is 0 Å². The lowest BCUT2D eigenvalue weighted by molar-refractivity contribution is -0.133. The molecule has 1 aliphatic heterocycles. The third kappa shape index (κ3) is 4.46. The Balaban J connectivity index is 1.87. The van der Waals surface area contributed by atoms with Gasteiger partial charge in [-0.25, -0.2) is 0 Å². The maximum absolute atomic E-state index is 12.4. The summed E-state index contributed by atoms with van der Waals surface area (Å²) in [5, 5.41) is 3.23. The molecule has 4 heteroatoms. The van der Waals surface area contributed by atoms with Crippen LogP contribution in [0.3, 0.4) is 0 Å². The molecule has 1 saturated carbocycles. The minimum atomic E-state index is -0.0851. The van der Waals surface area contributed by atoms with Gasteiger partial charge in [0.15, 0.2) is 0 Å². The van der Waals surface area contributed by atoms with E-state index in [4.69, 9.17) is 4.74 Å². The average Bonchev–Trinajstić information content (AvgIpc) is 2.39. The van der Waals surface area contributed by atoms with Crippen LogP contribution in [0, 0.1) is 5.92 Å². The minimum absolute atomic E-state index is 0.0851. The lowest BCUT2D eigenvalue weighted by Crippen LogP contribution is -2.56. The molecule has 1 atom stereocenters. The molecule has 0 aromatic rings. The summed E-state index contributed by atoms with van der Waals surface area (Å²) in [7, 11) is 0. The van der Waals surface area contributed by atoms with Gasteiger partial charge in [-0.3, -0.25) is 9.69 Å². The lowest BCUT2D eigenvalue weighted by atomic mass is 9.95. The molecule has 0 unspecified atom stereocenters. The fourth-order valence-electron chi connectivity index (χ4n) is 3.11. The van der Waals surface area contributed by atoms with Gasteiger partial charge in [0.05, 0.1) is 13.2 Å². The Kier molecular flexibility index (Phi) is 5.64. The van der Waals surface area contributed by atoms with Crippen LogP contribution in [-0.4, -0.2) is 49.2 Å². The fraction of sp³-hybridized carbons (Fsp3) is 0.933.